The van der Waals surface area contributed by atoms with Crippen LogP contribution in [0.3, 0.4) is 0 Å². The first-order valence-electron chi connectivity index (χ1n) is 7.27. The molecule has 0 aliphatic rings. The normalized spacial score (nSPS) is 13.0. The number of aromatic nitrogens is 3. The van der Waals surface area contributed by atoms with Gasteiger partial charge in [-0.2, -0.15) is 18.3 Å². The van der Waals surface area contributed by atoms with Gasteiger partial charge in [-0.15, -0.1) is 0 Å². The van der Waals surface area contributed by atoms with Crippen LogP contribution in [0.1, 0.15) is 18.9 Å². The van der Waals surface area contributed by atoms with E-state index < -0.39 is 12.7 Å². The van der Waals surface area contributed by atoms with Crippen molar-refractivity contribution in [3.05, 3.63) is 54.8 Å². The zero-order valence-electron chi connectivity index (χ0n) is 12.8. The highest BCUT2D eigenvalue weighted by Gasteiger charge is 2.28. The van der Waals surface area contributed by atoms with Gasteiger partial charge in [0.25, 0.3) is 0 Å². The topological polar surface area (TPSA) is 55.9 Å². The highest BCUT2D eigenvalue weighted by atomic mass is 19.4. The second kappa shape index (κ2) is 6.38. The molecule has 3 aromatic rings. The van der Waals surface area contributed by atoms with Crippen molar-refractivity contribution in [1.29, 1.82) is 0 Å². The lowest BCUT2D eigenvalue weighted by molar-refractivity contribution is -0.142. The average Bonchev–Trinajstić information content (AvgIpc) is 3.16. The predicted molar refractivity (Wildman–Crippen MR) is 82.3 cm³/mol. The number of nitrogens with one attached hydrogen (secondary N) is 1. The number of halogens is 3. The van der Waals surface area contributed by atoms with Crippen molar-refractivity contribution in [2.24, 2.45) is 0 Å². The summed E-state index contributed by atoms with van der Waals surface area (Å²) in [6.07, 6.45) is -0.0493. The van der Waals surface area contributed by atoms with Crippen LogP contribution in [0.5, 0.6) is 0 Å². The van der Waals surface area contributed by atoms with Crippen LogP contribution < -0.4 is 5.32 Å². The SMILES string of the molecule is C[C@@H](Nc1cnn(CC(F)(F)F)c1)c1ncc(-c2ccccc2)o1. The molecule has 0 spiro atoms. The van der Waals surface area contributed by atoms with Crippen LogP contribution in [-0.2, 0) is 6.54 Å². The fourth-order valence-electron chi connectivity index (χ4n) is 2.24. The highest BCUT2D eigenvalue weighted by molar-refractivity contribution is 5.56. The van der Waals surface area contributed by atoms with E-state index in [1.807, 2.05) is 37.3 Å². The number of hydrogen-bond acceptors (Lipinski definition) is 4. The Labute approximate surface area is 136 Å². The molecule has 0 radical (unpaired) electrons. The molecule has 0 unspecified atom stereocenters. The van der Waals surface area contributed by atoms with Crippen molar-refractivity contribution < 1.29 is 17.6 Å². The minimum atomic E-state index is -4.30. The van der Waals surface area contributed by atoms with Crippen molar-refractivity contribution in [1.82, 2.24) is 14.8 Å². The summed E-state index contributed by atoms with van der Waals surface area (Å²) in [4.78, 5) is 4.22. The lowest BCUT2D eigenvalue weighted by Crippen LogP contribution is -2.17. The molecule has 24 heavy (non-hydrogen) atoms. The third kappa shape index (κ3) is 3.95. The first-order chi connectivity index (χ1) is 11.4. The summed E-state index contributed by atoms with van der Waals surface area (Å²) < 4.78 is 43.6. The quantitative estimate of drug-likeness (QED) is 0.756. The van der Waals surface area contributed by atoms with Gasteiger partial charge >= 0.3 is 6.18 Å². The van der Waals surface area contributed by atoms with Gasteiger partial charge in [-0.05, 0) is 6.92 Å². The Bertz CT molecular complexity index is 795. The molecule has 1 atom stereocenters. The van der Waals surface area contributed by atoms with E-state index in [1.165, 1.54) is 12.4 Å². The third-order valence-corrected chi connectivity index (χ3v) is 3.31. The second-order valence-electron chi connectivity index (χ2n) is 5.34. The molecule has 5 nitrogen and oxygen atoms in total. The van der Waals surface area contributed by atoms with E-state index in [4.69, 9.17) is 4.42 Å². The maximum atomic E-state index is 12.3. The summed E-state index contributed by atoms with van der Waals surface area (Å²) in [5.41, 5.74) is 1.37. The van der Waals surface area contributed by atoms with Crippen LogP contribution in [0.25, 0.3) is 11.3 Å². The van der Waals surface area contributed by atoms with Crippen LogP contribution in [0.15, 0.2) is 53.3 Å². The van der Waals surface area contributed by atoms with Crippen LogP contribution in [0.4, 0.5) is 18.9 Å². The molecule has 0 aliphatic carbocycles. The Kier molecular flexibility index (Phi) is 4.28. The Morgan fingerprint density at radius 1 is 1.21 bits per heavy atom. The van der Waals surface area contributed by atoms with E-state index in [9.17, 15) is 13.2 Å². The molecule has 0 amide bonds. The largest absolute Gasteiger partial charge is 0.438 e. The third-order valence-electron chi connectivity index (χ3n) is 3.31. The van der Waals surface area contributed by atoms with Gasteiger partial charge in [-0.25, -0.2) is 4.98 Å². The molecule has 1 N–H and O–H groups in total. The maximum Gasteiger partial charge on any atom is 0.408 e. The molecule has 0 fully saturated rings. The fourth-order valence-corrected chi connectivity index (χ4v) is 2.24. The average molecular weight is 336 g/mol. The molecule has 2 aromatic heterocycles. The molecule has 3 rings (SSSR count). The molecule has 2 heterocycles. The highest BCUT2D eigenvalue weighted by Crippen LogP contribution is 2.25. The Morgan fingerprint density at radius 2 is 1.96 bits per heavy atom. The molecule has 1 aromatic carbocycles. The second-order valence-corrected chi connectivity index (χ2v) is 5.34. The zero-order valence-corrected chi connectivity index (χ0v) is 12.8. The Hall–Kier alpha value is -2.77. The maximum absolute atomic E-state index is 12.3. The number of oxazole rings is 1. The summed E-state index contributed by atoms with van der Waals surface area (Å²) in [6, 6.07) is 9.20. The van der Waals surface area contributed by atoms with E-state index in [-0.39, 0.29) is 6.04 Å². The number of alkyl halides is 3. The molecule has 0 bridgehead atoms. The molecule has 0 saturated carbocycles. The number of benzene rings is 1. The molecule has 126 valence electrons. The lowest BCUT2D eigenvalue weighted by atomic mass is 10.2. The van der Waals surface area contributed by atoms with E-state index in [0.29, 0.717) is 17.3 Å². The standard InChI is InChI=1S/C16H15F3N4O/c1-11(22-13-7-21-23(9-13)10-16(17,18)19)15-20-8-14(24-15)12-5-3-2-4-6-12/h2-9,11,22H,10H2,1H3/t11-/m1/s1. The van der Waals surface area contributed by atoms with E-state index in [0.717, 1.165) is 10.2 Å². The summed E-state index contributed by atoms with van der Waals surface area (Å²) >= 11 is 0. The van der Waals surface area contributed by atoms with Crippen LogP contribution in [0, 0.1) is 0 Å². The van der Waals surface area contributed by atoms with E-state index in [1.54, 1.807) is 6.20 Å². The van der Waals surface area contributed by atoms with Crippen molar-refractivity contribution in [2.75, 3.05) is 5.32 Å². The molecule has 0 aliphatic heterocycles. The van der Waals surface area contributed by atoms with Gasteiger partial charge in [0.2, 0.25) is 5.89 Å². The first-order valence-corrected chi connectivity index (χ1v) is 7.27. The van der Waals surface area contributed by atoms with Crippen LogP contribution in [-0.4, -0.2) is 20.9 Å². The monoisotopic (exact) mass is 336 g/mol. The minimum Gasteiger partial charge on any atom is -0.438 e. The van der Waals surface area contributed by atoms with Crippen molar-refractivity contribution in [3.8, 4) is 11.3 Å². The number of anilines is 1. The molecule has 8 heteroatoms. The lowest BCUT2D eigenvalue weighted by Gasteiger charge is -2.09. The zero-order chi connectivity index (χ0) is 17.2. The molecular weight excluding hydrogens is 321 g/mol. The van der Waals surface area contributed by atoms with E-state index in [2.05, 4.69) is 15.4 Å². The van der Waals surface area contributed by atoms with Gasteiger partial charge in [0, 0.05) is 11.8 Å². The summed E-state index contributed by atoms with van der Waals surface area (Å²) in [5, 5.41) is 6.71. The fraction of sp³-hybridized carbons (Fsp3) is 0.250. The Balaban J connectivity index is 1.67. The number of hydrogen-bond donors (Lipinski definition) is 1. The van der Waals surface area contributed by atoms with Gasteiger partial charge in [0.1, 0.15) is 12.6 Å². The summed E-state index contributed by atoms with van der Waals surface area (Å²) in [5.74, 6) is 1.07. The van der Waals surface area contributed by atoms with Crippen molar-refractivity contribution >= 4 is 5.69 Å². The van der Waals surface area contributed by atoms with Crippen LogP contribution in [0.2, 0.25) is 0 Å². The smallest absolute Gasteiger partial charge is 0.408 e. The van der Waals surface area contributed by atoms with Gasteiger partial charge in [0.05, 0.1) is 18.1 Å². The van der Waals surface area contributed by atoms with Gasteiger partial charge in [-0.3, -0.25) is 4.68 Å². The summed E-state index contributed by atoms with van der Waals surface area (Å²) in [7, 11) is 0. The molecular formula is C16H15F3N4O. The van der Waals surface area contributed by atoms with E-state index >= 15 is 0 Å². The minimum absolute atomic E-state index is 0.314. The number of nitrogens with zero attached hydrogens (tertiary/aromatic N) is 3. The Morgan fingerprint density at radius 3 is 2.67 bits per heavy atom. The van der Waals surface area contributed by atoms with Gasteiger partial charge in [-0.1, -0.05) is 30.3 Å². The number of rotatable bonds is 5. The van der Waals surface area contributed by atoms with Gasteiger partial charge in [0.15, 0.2) is 5.76 Å². The first kappa shape index (κ1) is 16.1. The summed E-state index contributed by atoms with van der Waals surface area (Å²) in [6.45, 7) is 0.682. The molecule has 0 saturated heterocycles. The predicted octanol–water partition coefficient (Wildman–Crippen LogP) is 4.27. The van der Waals surface area contributed by atoms with Crippen molar-refractivity contribution in [2.45, 2.75) is 25.7 Å². The van der Waals surface area contributed by atoms with Crippen molar-refractivity contribution in [3.63, 3.8) is 0 Å². The van der Waals surface area contributed by atoms with Gasteiger partial charge < -0.3 is 9.73 Å². The van der Waals surface area contributed by atoms with Crippen LogP contribution >= 0.6 is 0 Å².